The van der Waals surface area contributed by atoms with E-state index in [0.717, 1.165) is 29.4 Å². The molecule has 3 heterocycles. The van der Waals surface area contributed by atoms with Gasteiger partial charge in [-0.1, -0.05) is 6.07 Å². The van der Waals surface area contributed by atoms with Crippen LogP contribution in [0.2, 0.25) is 0 Å². The Morgan fingerprint density at radius 1 is 1.32 bits per heavy atom. The van der Waals surface area contributed by atoms with E-state index in [0.29, 0.717) is 25.3 Å². The molecule has 2 aromatic rings. The Morgan fingerprint density at radius 2 is 2.16 bits per heavy atom. The zero-order chi connectivity index (χ0) is 17.4. The van der Waals surface area contributed by atoms with Gasteiger partial charge in [-0.3, -0.25) is 4.79 Å². The first-order chi connectivity index (χ1) is 12.2. The molecule has 25 heavy (non-hydrogen) atoms. The number of carbonyl (C=O) groups excluding carboxylic acids is 1. The molecular formula is C18H21N3O4. The molecule has 2 aliphatic heterocycles. The predicted molar refractivity (Wildman–Crippen MR) is 89.3 cm³/mol. The SMILES string of the molecule is COCc1cnc2n1CCN(C(=O)Cc1ccc3c(c1)OCO3)C2C. The highest BCUT2D eigenvalue weighted by Crippen LogP contribution is 2.33. The summed E-state index contributed by atoms with van der Waals surface area (Å²) in [4.78, 5) is 19.2. The summed E-state index contributed by atoms with van der Waals surface area (Å²) in [5.74, 6) is 2.44. The van der Waals surface area contributed by atoms with Crippen LogP contribution in [0, 0.1) is 0 Å². The zero-order valence-corrected chi connectivity index (χ0v) is 14.4. The molecule has 132 valence electrons. The number of carbonyl (C=O) groups is 1. The van der Waals surface area contributed by atoms with Gasteiger partial charge in [-0.25, -0.2) is 4.98 Å². The minimum absolute atomic E-state index is 0.0548. The number of rotatable bonds is 4. The first-order valence-electron chi connectivity index (χ1n) is 8.38. The van der Waals surface area contributed by atoms with Crippen molar-refractivity contribution in [3.8, 4) is 11.5 Å². The summed E-state index contributed by atoms with van der Waals surface area (Å²) in [6.07, 6.45) is 2.17. The standard InChI is InChI=1S/C18H21N3O4/c1-12-18-19-9-14(10-23-2)21(18)6-5-20(12)17(22)8-13-3-4-15-16(7-13)25-11-24-15/h3-4,7,9,12H,5-6,8,10-11H2,1-2H3. The van der Waals surface area contributed by atoms with Crippen molar-refractivity contribution in [2.75, 3.05) is 20.4 Å². The minimum atomic E-state index is -0.0548. The van der Waals surface area contributed by atoms with Crippen LogP contribution in [0.3, 0.4) is 0 Å². The monoisotopic (exact) mass is 343 g/mol. The molecule has 0 aliphatic carbocycles. The van der Waals surface area contributed by atoms with Gasteiger partial charge < -0.3 is 23.7 Å². The molecule has 0 spiro atoms. The molecule has 0 fully saturated rings. The second-order valence-corrected chi connectivity index (χ2v) is 6.32. The maximum atomic E-state index is 12.8. The minimum Gasteiger partial charge on any atom is -0.454 e. The third-order valence-corrected chi connectivity index (χ3v) is 4.78. The largest absolute Gasteiger partial charge is 0.454 e. The molecule has 0 bridgehead atoms. The van der Waals surface area contributed by atoms with Crippen LogP contribution >= 0.6 is 0 Å². The van der Waals surface area contributed by atoms with Crippen LogP contribution in [0.1, 0.15) is 30.0 Å². The summed E-state index contributed by atoms with van der Waals surface area (Å²) >= 11 is 0. The van der Waals surface area contributed by atoms with E-state index in [9.17, 15) is 4.79 Å². The number of hydrogen-bond donors (Lipinski definition) is 0. The number of aromatic nitrogens is 2. The van der Waals surface area contributed by atoms with E-state index in [4.69, 9.17) is 14.2 Å². The van der Waals surface area contributed by atoms with Crippen molar-refractivity contribution >= 4 is 5.91 Å². The van der Waals surface area contributed by atoms with Crippen LogP contribution in [0.25, 0.3) is 0 Å². The summed E-state index contributed by atoms with van der Waals surface area (Å²) in [5, 5.41) is 0. The first-order valence-corrected chi connectivity index (χ1v) is 8.38. The lowest BCUT2D eigenvalue weighted by Gasteiger charge is -2.34. The van der Waals surface area contributed by atoms with E-state index in [1.807, 2.05) is 36.2 Å². The van der Waals surface area contributed by atoms with Gasteiger partial charge in [-0.2, -0.15) is 0 Å². The Bertz CT molecular complexity index is 802. The molecule has 4 rings (SSSR count). The Morgan fingerprint density at radius 3 is 3.00 bits per heavy atom. The lowest BCUT2D eigenvalue weighted by atomic mass is 10.1. The number of methoxy groups -OCH3 is 1. The molecule has 1 aromatic heterocycles. The molecule has 1 amide bonds. The van der Waals surface area contributed by atoms with Gasteiger partial charge in [-0.05, 0) is 24.6 Å². The lowest BCUT2D eigenvalue weighted by Crippen LogP contribution is -2.42. The smallest absolute Gasteiger partial charge is 0.231 e. The summed E-state index contributed by atoms with van der Waals surface area (Å²) in [5.41, 5.74) is 1.97. The van der Waals surface area contributed by atoms with Crippen molar-refractivity contribution in [2.24, 2.45) is 0 Å². The lowest BCUT2D eigenvalue weighted by molar-refractivity contribution is -0.133. The fourth-order valence-corrected chi connectivity index (χ4v) is 3.49. The molecule has 1 aromatic carbocycles. The number of amides is 1. The fraction of sp³-hybridized carbons (Fsp3) is 0.444. The Balaban J connectivity index is 1.49. The summed E-state index contributed by atoms with van der Waals surface area (Å²) in [7, 11) is 1.67. The van der Waals surface area contributed by atoms with Gasteiger partial charge in [0.05, 0.1) is 31.0 Å². The first kappa shape index (κ1) is 16.0. The molecule has 1 unspecified atom stereocenters. The third-order valence-electron chi connectivity index (χ3n) is 4.78. The molecule has 7 heteroatoms. The second-order valence-electron chi connectivity index (χ2n) is 6.32. The molecule has 0 N–H and O–H groups in total. The van der Waals surface area contributed by atoms with Crippen molar-refractivity contribution in [1.29, 1.82) is 0 Å². The number of benzene rings is 1. The number of hydrogen-bond acceptors (Lipinski definition) is 5. The van der Waals surface area contributed by atoms with Gasteiger partial charge in [0.25, 0.3) is 0 Å². The number of imidazole rings is 1. The molecular weight excluding hydrogens is 322 g/mol. The van der Waals surface area contributed by atoms with Crippen molar-refractivity contribution in [1.82, 2.24) is 14.5 Å². The highest BCUT2D eigenvalue weighted by atomic mass is 16.7. The van der Waals surface area contributed by atoms with Crippen molar-refractivity contribution in [2.45, 2.75) is 32.5 Å². The van der Waals surface area contributed by atoms with E-state index in [1.54, 1.807) is 7.11 Å². The van der Waals surface area contributed by atoms with Crippen LogP contribution in [0.5, 0.6) is 11.5 Å². The average Bonchev–Trinajstić information content (AvgIpc) is 3.22. The molecule has 0 saturated carbocycles. The van der Waals surface area contributed by atoms with Gasteiger partial charge in [-0.15, -0.1) is 0 Å². The molecule has 1 atom stereocenters. The molecule has 0 radical (unpaired) electrons. The van der Waals surface area contributed by atoms with Crippen LogP contribution < -0.4 is 9.47 Å². The highest BCUT2D eigenvalue weighted by Gasteiger charge is 2.30. The third kappa shape index (κ3) is 2.84. The van der Waals surface area contributed by atoms with Gasteiger partial charge in [0.1, 0.15) is 5.82 Å². The van der Waals surface area contributed by atoms with Crippen molar-refractivity contribution in [3.05, 3.63) is 41.5 Å². The Labute approximate surface area is 146 Å². The second kappa shape index (κ2) is 6.40. The number of nitrogens with zero attached hydrogens (tertiary/aromatic N) is 3. The predicted octanol–water partition coefficient (Wildman–Crippen LogP) is 1.90. The van der Waals surface area contributed by atoms with Crippen LogP contribution in [-0.2, 0) is 29.1 Å². The van der Waals surface area contributed by atoms with Gasteiger partial charge >= 0.3 is 0 Å². The van der Waals surface area contributed by atoms with Gasteiger partial charge in [0, 0.05) is 20.2 Å². The highest BCUT2D eigenvalue weighted by molar-refractivity contribution is 5.79. The molecule has 7 nitrogen and oxygen atoms in total. The van der Waals surface area contributed by atoms with Crippen LogP contribution in [0.4, 0.5) is 0 Å². The summed E-state index contributed by atoms with van der Waals surface area (Å²) < 4.78 is 18.1. The maximum Gasteiger partial charge on any atom is 0.231 e. The fourth-order valence-electron chi connectivity index (χ4n) is 3.49. The van der Waals surface area contributed by atoms with Crippen LogP contribution in [-0.4, -0.2) is 40.8 Å². The maximum absolute atomic E-state index is 12.8. The molecule has 0 saturated heterocycles. The van der Waals surface area contributed by atoms with E-state index in [1.165, 1.54) is 0 Å². The normalized spacial score (nSPS) is 18.3. The summed E-state index contributed by atoms with van der Waals surface area (Å²) in [6.45, 7) is 4.20. The van der Waals surface area contributed by atoms with Crippen molar-refractivity contribution in [3.63, 3.8) is 0 Å². The summed E-state index contributed by atoms with van der Waals surface area (Å²) in [6, 6.07) is 5.60. The zero-order valence-electron chi connectivity index (χ0n) is 14.4. The van der Waals surface area contributed by atoms with Gasteiger partial charge in [0.15, 0.2) is 11.5 Å². The number of ether oxygens (including phenoxy) is 3. The van der Waals surface area contributed by atoms with E-state index in [-0.39, 0.29) is 18.7 Å². The van der Waals surface area contributed by atoms with Crippen molar-refractivity contribution < 1.29 is 19.0 Å². The van der Waals surface area contributed by atoms with E-state index in [2.05, 4.69) is 9.55 Å². The van der Waals surface area contributed by atoms with E-state index >= 15 is 0 Å². The van der Waals surface area contributed by atoms with E-state index < -0.39 is 0 Å². The number of fused-ring (bicyclic) bond motifs is 2. The average molecular weight is 343 g/mol. The quantitative estimate of drug-likeness (QED) is 0.848. The van der Waals surface area contributed by atoms with Crippen LogP contribution in [0.15, 0.2) is 24.4 Å². The topological polar surface area (TPSA) is 65.8 Å². The Kier molecular flexibility index (Phi) is 4.09. The Hall–Kier alpha value is -2.54. The van der Waals surface area contributed by atoms with Gasteiger partial charge in [0.2, 0.25) is 12.7 Å². The molecule has 2 aliphatic rings.